The van der Waals surface area contributed by atoms with E-state index >= 15 is 0 Å². The van der Waals surface area contributed by atoms with Crippen LogP contribution in [0.25, 0.3) is 0 Å². The van der Waals surface area contributed by atoms with Crippen LogP contribution in [-0.4, -0.2) is 42.4 Å². The van der Waals surface area contributed by atoms with Crippen LogP contribution in [0.4, 0.5) is 0 Å². The highest BCUT2D eigenvalue weighted by molar-refractivity contribution is 8.00. The highest BCUT2D eigenvalue weighted by Crippen LogP contribution is 2.37. The van der Waals surface area contributed by atoms with Crippen LogP contribution in [0.5, 0.6) is 0 Å². The number of hydrogen-bond donors (Lipinski definition) is 1. The molecule has 1 N–H and O–H groups in total. The summed E-state index contributed by atoms with van der Waals surface area (Å²) in [5, 5.41) is 4.39. The fourth-order valence-corrected chi connectivity index (χ4v) is 4.94. The maximum absolute atomic E-state index is 3.63. The van der Waals surface area contributed by atoms with Gasteiger partial charge in [0.15, 0.2) is 0 Å². The summed E-state index contributed by atoms with van der Waals surface area (Å²) < 4.78 is 0. The monoisotopic (exact) mass is 304 g/mol. The van der Waals surface area contributed by atoms with E-state index in [0.29, 0.717) is 0 Å². The predicted octanol–water partition coefficient (Wildman–Crippen LogP) is 3.56. The van der Waals surface area contributed by atoms with Crippen LogP contribution >= 0.6 is 11.8 Å². The van der Waals surface area contributed by atoms with Crippen molar-refractivity contribution in [3.63, 3.8) is 0 Å². The number of hydrogen-bond acceptors (Lipinski definition) is 3. The van der Waals surface area contributed by atoms with Gasteiger partial charge in [-0.05, 0) is 50.4 Å². The molecule has 0 radical (unpaired) electrons. The van der Waals surface area contributed by atoms with Gasteiger partial charge >= 0.3 is 0 Å². The number of fused-ring (bicyclic) bond motifs is 1. The smallest absolute Gasteiger partial charge is 0.0263 e. The van der Waals surface area contributed by atoms with Crippen molar-refractivity contribution in [2.75, 3.05) is 26.2 Å². The normalized spacial score (nSPS) is 26.0. The van der Waals surface area contributed by atoms with E-state index < -0.39 is 0 Å². The van der Waals surface area contributed by atoms with E-state index in [1.807, 2.05) is 0 Å². The molecule has 0 bridgehead atoms. The average Bonchev–Trinajstić information content (AvgIpc) is 2.91. The molecule has 0 aliphatic carbocycles. The first-order valence-corrected chi connectivity index (χ1v) is 9.44. The van der Waals surface area contributed by atoms with Gasteiger partial charge in [0.2, 0.25) is 0 Å². The molecule has 2 heterocycles. The Morgan fingerprint density at radius 3 is 3.05 bits per heavy atom. The van der Waals surface area contributed by atoms with Gasteiger partial charge in [-0.1, -0.05) is 31.5 Å². The van der Waals surface area contributed by atoms with Gasteiger partial charge in [0.05, 0.1) is 0 Å². The van der Waals surface area contributed by atoms with Crippen molar-refractivity contribution < 1.29 is 0 Å². The van der Waals surface area contributed by atoms with E-state index in [1.54, 1.807) is 5.56 Å². The zero-order valence-corrected chi connectivity index (χ0v) is 14.0. The van der Waals surface area contributed by atoms with Crippen LogP contribution < -0.4 is 5.32 Å². The molecule has 0 spiro atoms. The number of piperidine rings is 1. The molecule has 0 aromatic heterocycles. The maximum atomic E-state index is 3.63. The first-order chi connectivity index (χ1) is 10.4. The largest absolute Gasteiger partial charge is 0.315 e. The van der Waals surface area contributed by atoms with Gasteiger partial charge < -0.3 is 5.32 Å². The first kappa shape index (κ1) is 15.4. The molecular weight excluding hydrogens is 276 g/mol. The second-order valence-electron chi connectivity index (χ2n) is 6.40. The lowest BCUT2D eigenvalue weighted by molar-refractivity contribution is 0.146. The molecule has 2 aliphatic rings. The molecular formula is C18H28N2S. The van der Waals surface area contributed by atoms with Gasteiger partial charge in [-0.3, -0.25) is 4.90 Å². The Balaban J connectivity index is 1.53. The second-order valence-corrected chi connectivity index (χ2v) is 7.74. The molecule has 2 nitrogen and oxygen atoms in total. The third-order valence-corrected chi connectivity index (χ3v) is 6.01. The van der Waals surface area contributed by atoms with E-state index in [-0.39, 0.29) is 0 Å². The van der Waals surface area contributed by atoms with Crippen LogP contribution in [0.2, 0.25) is 0 Å². The number of likely N-dealkylation sites (tertiary alicyclic amines) is 1. The summed E-state index contributed by atoms with van der Waals surface area (Å²) in [6.45, 7) is 7.15. The molecule has 3 heteroatoms. The molecule has 21 heavy (non-hydrogen) atoms. The highest BCUT2D eigenvalue weighted by atomic mass is 32.2. The van der Waals surface area contributed by atoms with Crippen molar-refractivity contribution in [2.24, 2.45) is 0 Å². The van der Waals surface area contributed by atoms with Gasteiger partial charge in [0.25, 0.3) is 0 Å². The van der Waals surface area contributed by atoms with Gasteiger partial charge in [-0.15, -0.1) is 11.8 Å². The summed E-state index contributed by atoms with van der Waals surface area (Å²) in [5.41, 5.74) is 1.56. The lowest BCUT2D eigenvalue weighted by Crippen LogP contribution is -2.48. The Morgan fingerprint density at radius 1 is 1.29 bits per heavy atom. The Hall–Kier alpha value is -0.510. The molecule has 3 rings (SSSR count). The summed E-state index contributed by atoms with van der Waals surface area (Å²) in [7, 11) is 0. The van der Waals surface area contributed by atoms with Gasteiger partial charge in [-0.2, -0.15) is 0 Å². The Labute approximate surface area is 133 Å². The Bertz CT molecular complexity index is 424. The number of nitrogens with one attached hydrogen (secondary N) is 1. The molecule has 1 saturated heterocycles. The minimum Gasteiger partial charge on any atom is -0.315 e. The third kappa shape index (κ3) is 4.02. The molecule has 1 fully saturated rings. The zero-order chi connectivity index (χ0) is 14.5. The van der Waals surface area contributed by atoms with Gasteiger partial charge in [-0.25, -0.2) is 0 Å². The fraction of sp³-hybridized carbons (Fsp3) is 0.667. The van der Waals surface area contributed by atoms with Crippen molar-refractivity contribution in [3.8, 4) is 0 Å². The van der Waals surface area contributed by atoms with Crippen LogP contribution in [0, 0.1) is 0 Å². The van der Waals surface area contributed by atoms with Crippen molar-refractivity contribution in [1.82, 2.24) is 10.2 Å². The molecule has 1 aromatic rings. The van der Waals surface area contributed by atoms with Crippen molar-refractivity contribution in [2.45, 2.75) is 55.2 Å². The van der Waals surface area contributed by atoms with Crippen LogP contribution in [0.3, 0.4) is 0 Å². The van der Waals surface area contributed by atoms with E-state index in [0.717, 1.165) is 17.8 Å². The van der Waals surface area contributed by atoms with E-state index in [9.17, 15) is 0 Å². The second kappa shape index (κ2) is 7.66. The van der Waals surface area contributed by atoms with Crippen molar-refractivity contribution >= 4 is 11.8 Å². The number of rotatable bonds is 6. The minimum atomic E-state index is 0.758. The van der Waals surface area contributed by atoms with Gasteiger partial charge in [0.1, 0.15) is 0 Å². The molecule has 2 aliphatic heterocycles. The molecule has 1 aromatic carbocycles. The number of benzene rings is 1. The highest BCUT2D eigenvalue weighted by Gasteiger charge is 2.28. The fourth-order valence-electron chi connectivity index (χ4n) is 3.59. The summed E-state index contributed by atoms with van der Waals surface area (Å²) >= 11 is 2.10. The molecule has 0 saturated carbocycles. The maximum Gasteiger partial charge on any atom is 0.0263 e. The van der Waals surface area contributed by atoms with Crippen LogP contribution in [-0.2, 0) is 6.42 Å². The minimum absolute atomic E-state index is 0.758. The van der Waals surface area contributed by atoms with Gasteiger partial charge in [0, 0.05) is 29.3 Å². The third-order valence-electron chi connectivity index (χ3n) is 4.71. The Kier molecular flexibility index (Phi) is 5.61. The van der Waals surface area contributed by atoms with E-state index in [4.69, 9.17) is 0 Å². The standard InChI is InChI=1S/C18H28N2S/c1-2-10-19-13-16-8-5-6-11-20(16)14-17-12-15-7-3-4-9-18(15)21-17/h3-4,7,9,16-17,19H,2,5-6,8,10-14H2,1H3. The first-order valence-electron chi connectivity index (χ1n) is 8.56. The quantitative estimate of drug-likeness (QED) is 0.809. The molecule has 0 amide bonds. The van der Waals surface area contributed by atoms with Crippen LogP contribution in [0.15, 0.2) is 29.2 Å². The number of nitrogens with zero attached hydrogens (tertiary/aromatic N) is 1. The Morgan fingerprint density at radius 2 is 2.19 bits per heavy atom. The zero-order valence-electron chi connectivity index (χ0n) is 13.2. The summed E-state index contributed by atoms with van der Waals surface area (Å²) in [5.74, 6) is 0. The SMILES string of the molecule is CCCNCC1CCCCN1CC1Cc2ccccc2S1. The topological polar surface area (TPSA) is 15.3 Å². The van der Waals surface area contributed by atoms with Crippen molar-refractivity contribution in [3.05, 3.63) is 29.8 Å². The summed E-state index contributed by atoms with van der Waals surface area (Å²) in [4.78, 5) is 4.27. The summed E-state index contributed by atoms with van der Waals surface area (Å²) in [6, 6.07) is 9.71. The van der Waals surface area contributed by atoms with E-state index in [2.05, 4.69) is 53.2 Å². The summed E-state index contributed by atoms with van der Waals surface area (Å²) in [6.07, 6.45) is 6.66. The number of thioether (sulfide) groups is 1. The molecule has 2 unspecified atom stereocenters. The van der Waals surface area contributed by atoms with Crippen LogP contribution in [0.1, 0.15) is 38.2 Å². The molecule has 116 valence electrons. The average molecular weight is 305 g/mol. The lowest BCUT2D eigenvalue weighted by Gasteiger charge is -2.37. The lowest BCUT2D eigenvalue weighted by atomic mass is 10.0. The van der Waals surface area contributed by atoms with E-state index in [1.165, 1.54) is 56.6 Å². The molecule has 2 atom stereocenters. The predicted molar refractivity (Wildman–Crippen MR) is 92.2 cm³/mol. The van der Waals surface area contributed by atoms with Crippen molar-refractivity contribution in [1.29, 1.82) is 0 Å².